The van der Waals surface area contributed by atoms with Crippen molar-refractivity contribution >= 4 is 0 Å². The van der Waals surface area contributed by atoms with Crippen molar-refractivity contribution in [2.45, 2.75) is 70.3 Å². The molecular formula is C16H30N2. The zero-order valence-electron chi connectivity index (χ0n) is 12.1. The van der Waals surface area contributed by atoms with Gasteiger partial charge in [-0.15, -0.1) is 0 Å². The van der Waals surface area contributed by atoms with Crippen molar-refractivity contribution in [2.75, 3.05) is 26.2 Å². The first-order valence-corrected chi connectivity index (χ1v) is 8.23. The van der Waals surface area contributed by atoms with Crippen LogP contribution in [0.25, 0.3) is 0 Å². The molecule has 0 radical (unpaired) electrons. The minimum Gasteiger partial charge on any atom is -0.310 e. The SMILES string of the molecule is CCC1(CN2CCCNC3(CCCCC3)C2)CC1. The molecule has 0 bridgehead atoms. The maximum absolute atomic E-state index is 3.91. The Labute approximate surface area is 113 Å². The Kier molecular flexibility index (Phi) is 3.68. The Bertz CT molecular complexity index is 277. The predicted molar refractivity (Wildman–Crippen MR) is 76.8 cm³/mol. The van der Waals surface area contributed by atoms with Gasteiger partial charge < -0.3 is 10.2 Å². The van der Waals surface area contributed by atoms with Crippen molar-refractivity contribution in [3.63, 3.8) is 0 Å². The number of nitrogens with zero attached hydrogens (tertiary/aromatic N) is 1. The van der Waals surface area contributed by atoms with Gasteiger partial charge in [-0.25, -0.2) is 0 Å². The van der Waals surface area contributed by atoms with E-state index in [0.29, 0.717) is 5.54 Å². The summed E-state index contributed by atoms with van der Waals surface area (Å²) in [7, 11) is 0. The Balaban J connectivity index is 1.63. The molecule has 2 aliphatic carbocycles. The predicted octanol–water partition coefficient (Wildman–Crippen LogP) is 3.17. The van der Waals surface area contributed by atoms with E-state index in [9.17, 15) is 0 Å². The van der Waals surface area contributed by atoms with E-state index in [1.165, 1.54) is 84.0 Å². The minimum absolute atomic E-state index is 0.485. The third-order valence-corrected chi connectivity index (χ3v) is 5.75. The van der Waals surface area contributed by atoms with E-state index in [2.05, 4.69) is 17.1 Å². The van der Waals surface area contributed by atoms with Gasteiger partial charge in [0, 0.05) is 18.6 Å². The topological polar surface area (TPSA) is 15.3 Å². The second kappa shape index (κ2) is 5.13. The van der Waals surface area contributed by atoms with Gasteiger partial charge in [-0.05, 0) is 57.0 Å². The zero-order chi connectivity index (χ0) is 12.5. The van der Waals surface area contributed by atoms with Crippen LogP contribution >= 0.6 is 0 Å². The Morgan fingerprint density at radius 3 is 2.44 bits per heavy atom. The summed E-state index contributed by atoms with van der Waals surface area (Å²) in [5.41, 5.74) is 1.21. The summed E-state index contributed by atoms with van der Waals surface area (Å²) in [5.74, 6) is 0. The highest BCUT2D eigenvalue weighted by Gasteiger charge is 2.44. The average Bonchev–Trinajstić information content (AvgIpc) is 3.17. The molecule has 3 aliphatic rings. The molecule has 0 aromatic rings. The van der Waals surface area contributed by atoms with Crippen LogP contribution in [0.1, 0.15) is 64.7 Å². The van der Waals surface area contributed by atoms with Crippen LogP contribution in [0.15, 0.2) is 0 Å². The van der Waals surface area contributed by atoms with Crippen LogP contribution in [0.4, 0.5) is 0 Å². The maximum atomic E-state index is 3.91. The molecular weight excluding hydrogens is 220 g/mol. The number of rotatable bonds is 3. The largest absolute Gasteiger partial charge is 0.310 e. The highest BCUT2D eigenvalue weighted by atomic mass is 15.2. The molecule has 3 rings (SSSR count). The monoisotopic (exact) mass is 250 g/mol. The summed E-state index contributed by atoms with van der Waals surface area (Å²) in [6, 6.07) is 0. The lowest BCUT2D eigenvalue weighted by atomic mass is 9.81. The van der Waals surface area contributed by atoms with Gasteiger partial charge >= 0.3 is 0 Å². The van der Waals surface area contributed by atoms with E-state index in [4.69, 9.17) is 0 Å². The normalized spacial score (nSPS) is 31.2. The fraction of sp³-hybridized carbons (Fsp3) is 1.00. The lowest BCUT2D eigenvalue weighted by molar-refractivity contribution is 0.142. The smallest absolute Gasteiger partial charge is 0.0308 e. The average molecular weight is 250 g/mol. The lowest BCUT2D eigenvalue weighted by Gasteiger charge is -2.40. The molecule has 2 saturated carbocycles. The third kappa shape index (κ3) is 2.75. The zero-order valence-corrected chi connectivity index (χ0v) is 12.1. The van der Waals surface area contributed by atoms with Crippen molar-refractivity contribution in [3.05, 3.63) is 0 Å². The van der Waals surface area contributed by atoms with Crippen LogP contribution in [0.3, 0.4) is 0 Å². The molecule has 1 saturated heterocycles. The summed E-state index contributed by atoms with van der Waals surface area (Å²) in [6.07, 6.45) is 12.9. The van der Waals surface area contributed by atoms with Crippen molar-refractivity contribution in [3.8, 4) is 0 Å². The third-order valence-electron chi connectivity index (χ3n) is 5.75. The van der Waals surface area contributed by atoms with Crippen LogP contribution in [0.2, 0.25) is 0 Å². The molecule has 0 aromatic carbocycles. The molecule has 0 unspecified atom stereocenters. The van der Waals surface area contributed by atoms with Crippen molar-refractivity contribution in [1.29, 1.82) is 0 Å². The molecule has 0 amide bonds. The molecule has 1 N–H and O–H groups in total. The van der Waals surface area contributed by atoms with E-state index in [-0.39, 0.29) is 0 Å². The van der Waals surface area contributed by atoms with Gasteiger partial charge in [0.2, 0.25) is 0 Å². The number of nitrogens with one attached hydrogen (secondary N) is 1. The Morgan fingerprint density at radius 1 is 1.00 bits per heavy atom. The van der Waals surface area contributed by atoms with Gasteiger partial charge in [0.25, 0.3) is 0 Å². The Morgan fingerprint density at radius 2 is 1.78 bits per heavy atom. The molecule has 18 heavy (non-hydrogen) atoms. The standard InChI is InChI=1S/C16H30N2/c1-2-15(9-10-15)13-18-12-6-11-17-16(14-18)7-4-3-5-8-16/h17H,2-14H2,1H3. The van der Waals surface area contributed by atoms with Gasteiger partial charge in [-0.2, -0.15) is 0 Å². The quantitative estimate of drug-likeness (QED) is 0.827. The summed E-state index contributed by atoms with van der Waals surface area (Å²) in [5, 5.41) is 3.91. The molecule has 0 aromatic heterocycles. The maximum Gasteiger partial charge on any atom is 0.0308 e. The van der Waals surface area contributed by atoms with Crippen LogP contribution in [0, 0.1) is 5.41 Å². The van der Waals surface area contributed by atoms with E-state index in [1.807, 2.05) is 0 Å². The fourth-order valence-corrected chi connectivity index (χ4v) is 4.19. The van der Waals surface area contributed by atoms with Crippen molar-refractivity contribution < 1.29 is 0 Å². The van der Waals surface area contributed by atoms with Crippen molar-refractivity contribution in [1.82, 2.24) is 10.2 Å². The lowest BCUT2D eigenvalue weighted by Crippen LogP contribution is -2.53. The number of hydrogen-bond acceptors (Lipinski definition) is 2. The van der Waals surface area contributed by atoms with Gasteiger partial charge in [0.15, 0.2) is 0 Å². The van der Waals surface area contributed by atoms with E-state index in [1.54, 1.807) is 0 Å². The second-order valence-corrected chi connectivity index (χ2v) is 7.19. The highest BCUT2D eigenvalue weighted by Crippen LogP contribution is 2.49. The minimum atomic E-state index is 0.485. The molecule has 3 fully saturated rings. The first-order valence-electron chi connectivity index (χ1n) is 8.23. The van der Waals surface area contributed by atoms with Gasteiger partial charge in [0.1, 0.15) is 0 Å². The first kappa shape index (κ1) is 12.9. The van der Waals surface area contributed by atoms with Gasteiger partial charge in [-0.1, -0.05) is 26.2 Å². The van der Waals surface area contributed by atoms with Crippen molar-refractivity contribution in [2.24, 2.45) is 5.41 Å². The first-order chi connectivity index (χ1) is 8.76. The Hall–Kier alpha value is -0.0800. The molecule has 2 nitrogen and oxygen atoms in total. The molecule has 104 valence electrons. The van der Waals surface area contributed by atoms with E-state index < -0.39 is 0 Å². The molecule has 2 heteroatoms. The van der Waals surface area contributed by atoms with Gasteiger partial charge in [-0.3, -0.25) is 0 Å². The summed E-state index contributed by atoms with van der Waals surface area (Å²) in [4.78, 5) is 2.81. The van der Waals surface area contributed by atoms with E-state index >= 15 is 0 Å². The van der Waals surface area contributed by atoms with Crippen LogP contribution in [0.5, 0.6) is 0 Å². The summed E-state index contributed by atoms with van der Waals surface area (Å²) >= 11 is 0. The van der Waals surface area contributed by atoms with Crippen LogP contribution in [-0.2, 0) is 0 Å². The number of hydrogen-bond donors (Lipinski definition) is 1. The molecule has 1 heterocycles. The fourth-order valence-electron chi connectivity index (χ4n) is 4.19. The second-order valence-electron chi connectivity index (χ2n) is 7.19. The summed E-state index contributed by atoms with van der Waals surface area (Å²) < 4.78 is 0. The van der Waals surface area contributed by atoms with Crippen LogP contribution in [-0.4, -0.2) is 36.6 Å². The molecule has 1 spiro atoms. The molecule has 1 aliphatic heterocycles. The van der Waals surface area contributed by atoms with Crippen LogP contribution < -0.4 is 5.32 Å². The van der Waals surface area contributed by atoms with E-state index in [0.717, 1.165) is 5.41 Å². The highest BCUT2D eigenvalue weighted by molar-refractivity contribution is 4.99. The molecule has 0 atom stereocenters. The van der Waals surface area contributed by atoms with Gasteiger partial charge in [0.05, 0.1) is 0 Å². The summed E-state index contributed by atoms with van der Waals surface area (Å²) in [6.45, 7) is 7.67.